The van der Waals surface area contributed by atoms with E-state index in [-0.39, 0.29) is 11.8 Å². The molecule has 1 amide bonds. The van der Waals surface area contributed by atoms with E-state index in [1.54, 1.807) is 36.3 Å². The minimum absolute atomic E-state index is 0.116. The third-order valence-electron chi connectivity index (χ3n) is 4.12. The Bertz CT molecular complexity index is 660. The van der Waals surface area contributed by atoms with Gasteiger partial charge >= 0.3 is 5.97 Å². The fourth-order valence-electron chi connectivity index (χ4n) is 2.68. The van der Waals surface area contributed by atoms with Crippen molar-refractivity contribution in [3.05, 3.63) is 42.5 Å². The van der Waals surface area contributed by atoms with Gasteiger partial charge in [0.2, 0.25) is 5.91 Å². The Labute approximate surface area is 147 Å². The summed E-state index contributed by atoms with van der Waals surface area (Å²) in [5, 5.41) is 9.00. The fourth-order valence-corrected chi connectivity index (χ4v) is 2.68. The van der Waals surface area contributed by atoms with Gasteiger partial charge in [0, 0.05) is 19.2 Å². The number of hydrogen-bond donors (Lipinski definition) is 1. The lowest BCUT2D eigenvalue weighted by Crippen LogP contribution is -2.39. The van der Waals surface area contributed by atoms with Gasteiger partial charge in [-0.15, -0.1) is 0 Å². The minimum Gasteiger partial charge on any atom is -0.493 e. The van der Waals surface area contributed by atoms with Crippen LogP contribution in [0.5, 0.6) is 11.5 Å². The molecule has 1 aromatic rings. The number of amides is 1. The number of nitrogens with zero attached hydrogens (tertiary/aromatic N) is 1. The van der Waals surface area contributed by atoms with E-state index in [1.807, 2.05) is 6.07 Å². The number of hydrogen-bond acceptors (Lipinski definition) is 4. The molecule has 1 heterocycles. The standard InChI is InChI=1S/C19H23NO5/c1-3-12-25-16-6-4-14(13-17(16)24-2)5-7-18(21)20-10-8-15(9-11-20)19(22)23/h3-7,13,15H,1,8-12H2,2H3,(H,22,23). The van der Waals surface area contributed by atoms with Crippen LogP contribution in [0.15, 0.2) is 36.9 Å². The quantitative estimate of drug-likeness (QED) is 0.607. The maximum atomic E-state index is 12.2. The lowest BCUT2D eigenvalue weighted by molar-refractivity contribution is -0.144. The van der Waals surface area contributed by atoms with Gasteiger partial charge in [0.15, 0.2) is 11.5 Å². The van der Waals surface area contributed by atoms with Crippen LogP contribution < -0.4 is 9.47 Å². The molecule has 1 saturated heterocycles. The Morgan fingerprint density at radius 2 is 2.04 bits per heavy atom. The molecule has 1 aromatic carbocycles. The first-order valence-electron chi connectivity index (χ1n) is 8.16. The molecule has 0 saturated carbocycles. The van der Waals surface area contributed by atoms with E-state index in [9.17, 15) is 9.59 Å². The average molecular weight is 345 g/mol. The molecule has 1 aliphatic heterocycles. The third kappa shape index (κ3) is 5.11. The highest BCUT2D eigenvalue weighted by Gasteiger charge is 2.25. The number of methoxy groups -OCH3 is 1. The lowest BCUT2D eigenvalue weighted by Gasteiger charge is -2.29. The van der Waals surface area contributed by atoms with E-state index in [0.717, 1.165) is 5.56 Å². The van der Waals surface area contributed by atoms with Crippen LogP contribution in [-0.4, -0.2) is 48.7 Å². The molecule has 0 spiro atoms. The number of rotatable bonds is 7. The van der Waals surface area contributed by atoms with Gasteiger partial charge in [-0.1, -0.05) is 18.7 Å². The van der Waals surface area contributed by atoms with Crippen molar-refractivity contribution in [3.63, 3.8) is 0 Å². The second-order valence-electron chi connectivity index (χ2n) is 5.78. The molecule has 2 rings (SSSR count). The molecular weight excluding hydrogens is 322 g/mol. The van der Waals surface area contributed by atoms with Crippen molar-refractivity contribution in [1.29, 1.82) is 0 Å². The first-order valence-corrected chi connectivity index (χ1v) is 8.16. The van der Waals surface area contributed by atoms with Crippen LogP contribution in [0.2, 0.25) is 0 Å². The SMILES string of the molecule is C=CCOc1ccc(C=CC(=O)N2CCC(C(=O)O)CC2)cc1OC. The minimum atomic E-state index is -0.784. The predicted octanol–water partition coefficient (Wildman–Crippen LogP) is 2.60. The van der Waals surface area contributed by atoms with Crippen LogP contribution in [0.3, 0.4) is 0 Å². The summed E-state index contributed by atoms with van der Waals surface area (Å²) in [4.78, 5) is 24.9. The van der Waals surface area contributed by atoms with Crippen LogP contribution in [0, 0.1) is 5.92 Å². The summed E-state index contributed by atoms with van der Waals surface area (Å²) >= 11 is 0. The predicted molar refractivity (Wildman–Crippen MR) is 94.7 cm³/mol. The zero-order valence-corrected chi connectivity index (χ0v) is 14.3. The molecule has 0 atom stereocenters. The number of piperidine rings is 1. The summed E-state index contributed by atoms with van der Waals surface area (Å²) in [6, 6.07) is 5.41. The monoisotopic (exact) mass is 345 g/mol. The van der Waals surface area contributed by atoms with Gasteiger partial charge in [-0.05, 0) is 36.6 Å². The first-order chi connectivity index (χ1) is 12.0. The van der Waals surface area contributed by atoms with Gasteiger partial charge in [0.05, 0.1) is 13.0 Å². The third-order valence-corrected chi connectivity index (χ3v) is 4.12. The number of carbonyl (C=O) groups excluding carboxylic acids is 1. The summed E-state index contributed by atoms with van der Waals surface area (Å²) in [6.07, 6.45) is 5.86. The molecule has 134 valence electrons. The maximum absolute atomic E-state index is 12.2. The zero-order chi connectivity index (χ0) is 18.2. The Morgan fingerprint density at radius 3 is 2.64 bits per heavy atom. The smallest absolute Gasteiger partial charge is 0.306 e. The molecule has 0 radical (unpaired) electrons. The van der Waals surface area contributed by atoms with E-state index in [4.69, 9.17) is 14.6 Å². The van der Waals surface area contributed by atoms with Gasteiger partial charge in [0.1, 0.15) is 6.61 Å². The second kappa shape index (κ2) is 8.92. The van der Waals surface area contributed by atoms with Crippen LogP contribution in [0.4, 0.5) is 0 Å². The topological polar surface area (TPSA) is 76.1 Å². The van der Waals surface area contributed by atoms with Crippen molar-refractivity contribution in [1.82, 2.24) is 4.90 Å². The molecule has 1 fully saturated rings. The Hall–Kier alpha value is -2.76. The molecule has 1 aliphatic rings. The largest absolute Gasteiger partial charge is 0.493 e. The molecule has 6 nitrogen and oxygen atoms in total. The molecule has 0 bridgehead atoms. The molecule has 0 aromatic heterocycles. The van der Waals surface area contributed by atoms with Gasteiger partial charge in [0.25, 0.3) is 0 Å². The van der Waals surface area contributed by atoms with Crippen molar-refractivity contribution in [3.8, 4) is 11.5 Å². The Morgan fingerprint density at radius 1 is 1.32 bits per heavy atom. The normalized spacial score (nSPS) is 15.2. The molecule has 6 heteroatoms. The van der Waals surface area contributed by atoms with Gasteiger partial charge in [-0.25, -0.2) is 0 Å². The van der Waals surface area contributed by atoms with E-state index < -0.39 is 5.97 Å². The van der Waals surface area contributed by atoms with E-state index >= 15 is 0 Å². The van der Waals surface area contributed by atoms with Crippen molar-refractivity contribution in [2.24, 2.45) is 5.92 Å². The van der Waals surface area contributed by atoms with E-state index in [2.05, 4.69) is 6.58 Å². The van der Waals surface area contributed by atoms with Crippen LogP contribution >= 0.6 is 0 Å². The first kappa shape index (κ1) is 18.6. The average Bonchev–Trinajstić information content (AvgIpc) is 2.64. The Balaban J connectivity index is 1.98. The molecule has 1 N–H and O–H groups in total. The highest BCUT2D eigenvalue weighted by molar-refractivity contribution is 5.92. The molecule has 0 unspecified atom stereocenters. The van der Waals surface area contributed by atoms with Crippen LogP contribution in [0.1, 0.15) is 18.4 Å². The number of likely N-dealkylation sites (tertiary alicyclic amines) is 1. The second-order valence-corrected chi connectivity index (χ2v) is 5.78. The number of aliphatic carboxylic acids is 1. The van der Waals surface area contributed by atoms with Crippen molar-refractivity contribution in [2.45, 2.75) is 12.8 Å². The molecule has 0 aliphatic carbocycles. The molecule has 25 heavy (non-hydrogen) atoms. The summed E-state index contributed by atoms with van der Waals surface area (Å²) in [5.41, 5.74) is 0.816. The molecular formula is C19H23NO5. The van der Waals surface area contributed by atoms with Gasteiger partial charge in [-0.2, -0.15) is 0 Å². The van der Waals surface area contributed by atoms with Gasteiger partial charge < -0.3 is 19.5 Å². The highest BCUT2D eigenvalue weighted by atomic mass is 16.5. The maximum Gasteiger partial charge on any atom is 0.306 e. The van der Waals surface area contributed by atoms with Crippen molar-refractivity contribution in [2.75, 3.05) is 26.8 Å². The van der Waals surface area contributed by atoms with E-state index in [0.29, 0.717) is 44.0 Å². The van der Waals surface area contributed by atoms with Crippen molar-refractivity contribution >= 4 is 18.0 Å². The zero-order valence-electron chi connectivity index (χ0n) is 14.3. The summed E-state index contributed by atoms with van der Waals surface area (Å²) in [7, 11) is 1.56. The Kier molecular flexibility index (Phi) is 6.62. The van der Waals surface area contributed by atoms with Crippen LogP contribution in [0.25, 0.3) is 6.08 Å². The number of carbonyl (C=O) groups is 2. The number of ether oxygens (including phenoxy) is 2. The number of carboxylic acids is 1. The van der Waals surface area contributed by atoms with Crippen LogP contribution in [-0.2, 0) is 9.59 Å². The fraction of sp³-hybridized carbons (Fsp3) is 0.368. The van der Waals surface area contributed by atoms with Crippen molar-refractivity contribution < 1.29 is 24.2 Å². The highest BCUT2D eigenvalue weighted by Crippen LogP contribution is 2.28. The summed E-state index contributed by atoms with van der Waals surface area (Å²) < 4.78 is 10.8. The summed E-state index contributed by atoms with van der Waals surface area (Å²) in [6.45, 7) is 4.93. The van der Waals surface area contributed by atoms with E-state index in [1.165, 1.54) is 6.08 Å². The lowest BCUT2D eigenvalue weighted by atomic mass is 9.97. The van der Waals surface area contributed by atoms with Gasteiger partial charge in [-0.3, -0.25) is 9.59 Å². The number of benzene rings is 1. The summed E-state index contributed by atoms with van der Waals surface area (Å²) in [5.74, 6) is -0.0518. The number of carboxylic acid groups (broad SMARTS) is 1.